The highest BCUT2D eigenvalue weighted by Crippen LogP contribution is 2.36. The van der Waals surface area contributed by atoms with Crippen molar-refractivity contribution in [3.05, 3.63) is 64.1 Å². The molecule has 1 N–H and O–H groups in total. The summed E-state index contributed by atoms with van der Waals surface area (Å²) in [5.74, 6) is 0.263. The molecular weight excluding hydrogens is 366 g/mol. The number of carbonyl (C=O) groups is 1. The van der Waals surface area contributed by atoms with Crippen molar-refractivity contribution in [2.45, 2.75) is 31.6 Å². The Bertz CT molecular complexity index is 696. The second-order valence-electron chi connectivity index (χ2n) is 6.31. The minimum absolute atomic E-state index is 0.141. The van der Waals surface area contributed by atoms with Crippen LogP contribution in [0.4, 0.5) is 0 Å². The fourth-order valence-electron chi connectivity index (χ4n) is 3.34. The fraction of sp³-hybridized carbons (Fsp3) is 0.350. The van der Waals surface area contributed by atoms with Gasteiger partial charge in [-0.1, -0.05) is 46.3 Å². The van der Waals surface area contributed by atoms with Crippen molar-refractivity contribution < 1.29 is 9.90 Å². The van der Waals surface area contributed by atoms with Crippen molar-refractivity contribution in [3.63, 3.8) is 0 Å². The van der Waals surface area contributed by atoms with E-state index in [2.05, 4.69) is 15.9 Å². The summed E-state index contributed by atoms with van der Waals surface area (Å²) in [7, 11) is 0. The van der Waals surface area contributed by atoms with E-state index in [-0.39, 0.29) is 17.6 Å². The van der Waals surface area contributed by atoms with E-state index >= 15 is 0 Å². The molecule has 1 heterocycles. The molecule has 0 saturated carbocycles. The molecule has 1 saturated heterocycles. The Morgan fingerprint density at radius 2 is 1.79 bits per heavy atom. The number of carbonyl (C=O) groups excluding carboxylic acids is 1. The number of benzene rings is 2. The van der Waals surface area contributed by atoms with E-state index in [0.29, 0.717) is 6.42 Å². The van der Waals surface area contributed by atoms with E-state index in [0.717, 1.165) is 41.5 Å². The van der Waals surface area contributed by atoms with Crippen LogP contribution in [0.1, 0.15) is 42.7 Å². The van der Waals surface area contributed by atoms with Crippen LogP contribution in [0.5, 0.6) is 5.75 Å². The van der Waals surface area contributed by atoms with Gasteiger partial charge in [-0.25, -0.2) is 0 Å². The number of hydrogen-bond acceptors (Lipinski definition) is 2. The Balaban J connectivity index is 1.90. The highest BCUT2D eigenvalue weighted by atomic mass is 79.9. The molecule has 1 aliphatic heterocycles. The third-order valence-electron chi connectivity index (χ3n) is 4.65. The van der Waals surface area contributed by atoms with Gasteiger partial charge in [0.25, 0.3) is 0 Å². The van der Waals surface area contributed by atoms with Gasteiger partial charge in [-0.05, 0) is 43.0 Å². The van der Waals surface area contributed by atoms with Crippen molar-refractivity contribution in [1.29, 1.82) is 0 Å². The summed E-state index contributed by atoms with van der Waals surface area (Å²) >= 11 is 3.47. The Morgan fingerprint density at radius 3 is 2.50 bits per heavy atom. The normalized spacial score (nSPS) is 16.0. The van der Waals surface area contributed by atoms with Gasteiger partial charge in [-0.2, -0.15) is 0 Å². The minimum atomic E-state index is -0.141. The highest BCUT2D eigenvalue weighted by Gasteiger charge is 2.25. The van der Waals surface area contributed by atoms with Crippen molar-refractivity contribution in [3.8, 4) is 5.75 Å². The topological polar surface area (TPSA) is 40.5 Å². The maximum Gasteiger partial charge on any atom is 0.223 e. The summed E-state index contributed by atoms with van der Waals surface area (Å²) in [5.41, 5.74) is 1.84. The van der Waals surface area contributed by atoms with Crippen LogP contribution in [0, 0.1) is 0 Å². The first-order chi connectivity index (χ1) is 11.6. The monoisotopic (exact) mass is 387 g/mol. The summed E-state index contributed by atoms with van der Waals surface area (Å²) in [6.07, 6.45) is 3.76. The second-order valence-corrected chi connectivity index (χ2v) is 7.23. The first-order valence-electron chi connectivity index (χ1n) is 8.46. The molecular formula is C20H22BrNO2. The average molecular weight is 388 g/mol. The van der Waals surface area contributed by atoms with E-state index < -0.39 is 0 Å². The van der Waals surface area contributed by atoms with E-state index in [9.17, 15) is 9.90 Å². The smallest absolute Gasteiger partial charge is 0.223 e. The van der Waals surface area contributed by atoms with Crippen LogP contribution in [-0.4, -0.2) is 29.0 Å². The fourth-order valence-corrected chi connectivity index (χ4v) is 3.72. The molecule has 0 aromatic heterocycles. The first kappa shape index (κ1) is 17.0. The lowest BCUT2D eigenvalue weighted by atomic mass is 9.87. The summed E-state index contributed by atoms with van der Waals surface area (Å²) in [6, 6.07) is 15.4. The van der Waals surface area contributed by atoms with Gasteiger partial charge >= 0.3 is 0 Å². The van der Waals surface area contributed by atoms with Gasteiger partial charge in [0.15, 0.2) is 0 Å². The quantitative estimate of drug-likeness (QED) is 0.826. The molecule has 3 rings (SSSR count). The predicted molar refractivity (Wildman–Crippen MR) is 99.1 cm³/mol. The molecule has 0 radical (unpaired) electrons. The number of rotatable bonds is 4. The second kappa shape index (κ2) is 7.84. The van der Waals surface area contributed by atoms with Crippen LogP contribution in [0.3, 0.4) is 0 Å². The van der Waals surface area contributed by atoms with Crippen LogP contribution in [0.15, 0.2) is 53.0 Å². The standard InChI is InChI=1S/C20H22BrNO2/c21-16-9-10-19(23)18(13-16)17(15-7-3-1-4-8-15)14-20(24)22-11-5-2-6-12-22/h1,3-4,7-10,13,17,23H,2,5-6,11-12,14H2/t17-/m1/s1. The van der Waals surface area contributed by atoms with Crippen molar-refractivity contribution >= 4 is 21.8 Å². The van der Waals surface area contributed by atoms with Gasteiger partial charge in [0.05, 0.1) is 0 Å². The number of aromatic hydroxyl groups is 1. The van der Waals surface area contributed by atoms with Gasteiger partial charge in [-0.3, -0.25) is 4.79 Å². The molecule has 2 aromatic rings. The zero-order valence-corrected chi connectivity index (χ0v) is 15.2. The van der Waals surface area contributed by atoms with Gasteiger partial charge < -0.3 is 10.0 Å². The lowest BCUT2D eigenvalue weighted by Crippen LogP contribution is -2.36. The maximum absolute atomic E-state index is 12.8. The van der Waals surface area contributed by atoms with Crippen LogP contribution in [-0.2, 0) is 4.79 Å². The Kier molecular flexibility index (Phi) is 5.56. The molecule has 0 unspecified atom stereocenters. The molecule has 1 amide bonds. The molecule has 24 heavy (non-hydrogen) atoms. The first-order valence-corrected chi connectivity index (χ1v) is 9.25. The molecule has 0 aliphatic carbocycles. The number of phenols is 1. The number of nitrogens with zero attached hydrogens (tertiary/aromatic N) is 1. The number of hydrogen-bond donors (Lipinski definition) is 1. The number of phenolic OH excluding ortho intramolecular Hbond substituents is 1. The van der Waals surface area contributed by atoms with E-state index in [1.807, 2.05) is 47.4 Å². The number of amides is 1. The SMILES string of the molecule is O=C(C[C@H](c1ccccc1)c1cc(Br)ccc1O)N1CCCCC1. The minimum Gasteiger partial charge on any atom is -0.508 e. The molecule has 126 valence electrons. The van der Waals surface area contributed by atoms with Gasteiger partial charge in [0.2, 0.25) is 5.91 Å². The number of halogens is 1. The van der Waals surface area contributed by atoms with E-state index in [1.165, 1.54) is 6.42 Å². The number of piperidine rings is 1. The van der Waals surface area contributed by atoms with Gasteiger partial charge in [0, 0.05) is 35.5 Å². The Morgan fingerprint density at radius 1 is 1.08 bits per heavy atom. The third-order valence-corrected chi connectivity index (χ3v) is 5.15. The Labute approximate surface area is 151 Å². The Hall–Kier alpha value is -1.81. The summed E-state index contributed by atoms with van der Waals surface area (Å²) in [6.45, 7) is 1.70. The lowest BCUT2D eigenvalue weighted by Gasteiger charge is -2.29. The largest absolute Gasteiger partial charge is 0.508 e. The van der Waals surface area contributed by atoms with Crippen LogP contribution in [0.25, 0.3) is 0 Å². The van der Waals surface area contributed by atoms with Crippen molar-refractivity contribution in [2.24, 2.45) is 0 Å². The van der Waals surface area contributed by atoms with Crippen molar-refractivity contribution in [1.82, 2.24) is 4.90 Å². The summed E-state index contributed by atoms with van der Waals surface area (Å²) in [4.78, 5) is 14.8. The highest BCUT2D eigenvalue weighted by molar-refractivity contribution is 9.10. The molecule has 0 bridgehead atoms. The molecule has 1 aliphatic rings. The molecule has 4 heteroatoms. The zero-order valence-electron chi connectivity index (χ0n) is 13.6. The molecule has 0 spiro atoms. The van der Waals surface area contributed by atoms with Crippen LogP contribution in [0.2, 0.25) is 0 Å². The molecule has 1 atom stereocenters. The van der Waals surface area contributed by atoms with Crippen LogP contribution < -0.4 is 0 Å². The molecule has 2 aromatic carbocycles. The summed E-state index contributed by atoms with van der Waals surface area (Å²) in [5, 5.41) is 10.3. The maximum atomic E-state index is 12.8. The van der Waals surface area contributed by atoms with Gasteiger partial charge in [0.1, 0.15) is 5.75 Å². The lowest BCUT2D eigenvalue weighted by molar-refractivity contribution is -0.132. The van der Waals surface area contributed by atoms with Crippen LogP contribution >= 0.6 is 15.9 Å². The van der Waals surface area contributed by atoms with Gasteiger partial charge in [-0.15, -0.1) is 0 Å². The zero-order chi connectivity index (χ0) is 16.9. The van der Waals surface area contributed by atoms with E-state index in [1.54, 1.807) is 6.07 Å². The molecule has 3 nitrogen and oxygen atoms in total. The molecule has 1 fully saturated rings. The van der Waals surface area contributed by atoms with E-state index in [4.69, 9.17) is 0 Å². The summed E-state index contributed by atoms with van der Waals surface area (Å²) < 4.78 is 0.904. The predicted octanol–water partition coefficient (Wildman–Crippen LogP) is 4.69. The third kappa shape index (κ3) is 3.99. The number of likely N-dealkylation sites (tertiary alicyclic amines) is 1. The van der Waals surface area contributed by atoms with Crippen molar-refractivity contribution in [2.75, 3.05) is 13.1 Å². The average Bonchev–Trinajstić information content (AvgIpc) is 2.63.